The molecule has 1 amide bonds. The van der Waals surface area contributed by atoms with Crippen LogP contribution in [0.2, 0.25) is 0 Å². The molecule has 1 fully saturated rings. The Balaban J connectivity index is 1.25. The van der Waals surface area contributed by atoms with E-state index < -0.39 is 0 Å². The lowest BCUT2D eigenvalue weighted by Crippen LogP contribution is -2.48. The minimum absolute atomic E-state index is 0.00755. The number of nitrogens with one attached hydrogen (secondary N) is 1. The fourth-order valence-electron chi connectivity index (χ4n) is 3.17. The molecule has 0 atom stereocenters. The van der Waals surface area contributed by atoms with Gasteiger partial charge in [0.05, 0.1) is 17.9 Å². The third-order valence-electron chi connectivity index (χ3n) is 4.50. The number of nitrogens with zero attached hydrogens (tertiary/aromatic N) is 5. The lowest BCUT2D eigenvalue weighted by Gasteiger charge is -2.33. The van der Waals surface area contributed by atoms with Gasteiger partial charge in [0.1, 0.15) is 5.65 Å². The molecule has 0 unspecified atom stereocenters. The van der Waals surface area contributed by atoms with Gasteiger partial charge in [0, 0.05) is 50.5 Å². The number of thiazole rings is 1. The Labute approximate surface area is 156 Å². The summed E-state index contributed by atoms with van der Waals surface area (Å²) in [6.45, 7) is 6.85. The van der Waals surface area contributed by atoms with Crippen LogP contribution >= 0.6 is 11.3 Å². The maximum Gasteiger partial charge on any atom is 0.240 e. The van der Waals surface area contributed by atoms with E-state index in [0.29, 0.717) is 11.7 Å². The van der Waals surface area contributed by atoms with Crippen molar-refractivity contribution >= 4 is 28.0 Å². The molecule has 4 heterocycles. The highest BCUT2D eigenvalue weighted by molar-refractivity contribution is 7.13. The first kappa shape index (κ1) is 17.1. The fraction of sp³-hybridized carbons (Fsp3) is 0.389. The van der Waals surface area contributed by atoms with Crippen molar-refractivity contribution in [2.45, 2.75) is 13.5 Å². The maximum atomic E-state index is 12.1. The summed E-state index contributed by atoms with van der Waals surface area (Å²) in [5.74, 6) is 0.00755. The van der Waals surface area contributed by atoms with Gasteiger partial charge in [-0.2, -0.15) is 0 Å². The number of fused-ring (bicyclic) bond motifs is 1. The van der Waals surface area contributed by atoms with E-state index in [1.54, 1.807) is 0 Å². The Morgan fingerprint density at radius 2 is 2.00 bits per heavy atom. The molecule has 0 saturated carbocycles. The first-order valence-electron chi connectivity index (χ1n) is 8.75. The Morgan fingerprint density at radius 1 is 1.19 bits per heavy atom. The average molecular weight is 370 g/mol. The van der Waals surface area contributed by atoms with Crippen molar-refractivity contribution < 1.29 is 4.79 Å². The van der Waals surface area contributed by atoms with E-state index in [1.807, 2.05) is 36.7 Å². The molecule has 3 aromatic rings. The normalized spacial score (nSPS) is 16.2. The highest BCUT2D eigenvalue weighted by Crippen LogP contribution is 2.14. The highest BCUT2D eigenvalue weighted by Gasteiger charge is 2.20. The number of anilines is 1. The summed E-state index contributed by atoms with van der Waals surface area (Å²) >= 11 is 1.46. The van der Waals surface area contributed by atoms with Gasteiger partial charge in [0.2, 0.25) is 5.91 Å². The van der Waals surface area contributed by atoms with Gasteiger partial charge in [0.25, 0.3) is 0 Å². The molecule has 1 aliphatic rings. The second kappa shape index (κ2) is 7.53. The zero-order valence-electron chi connectivity index (χ0n) is 14.8. The molecule has 0 bridgehead atoms. The fourth-order valence-corrected chi connectivity index (χ4v) is 3.88. The van der Waals surface area contributed by atoms with Crippen molar-refractivity contribution in [1.29, 1.82) is 0 Å². The van der Waals surface area contributed by atoms with E-state index in [2.05, 4.69) is 35.7 Å². The standard InChI is InChI=1S/C18H22N6OS/c1-14-13-26-18(19-14)21-17(25)12-23-8-6-22(7-9-23)10-15-11-24-5-3-2-4-16(24)20-15/h2-5,11,13H,6-10,12H2,1H3,(H,19,21,25). The molecule has 3 aromatic heterocycles. The molecule has 1 aliphatic heterocycles. The quantitative estimate of drug-likeness (QED) is 0.743. The third kappa shape index (κ3) is 4.09. The highest BCUT2D eigenvalue weighted by atomic mass is 32.1. The van der Waals surface area contributed by atoms with Crippen LogP contribution < -0.4 is 5.32 Å². The largest absolute Gasteiger partial charge is 0.307 e. The van der Waals surface area contributed by atoms with Gasteiger partial charge in [-0.15, -0.1) is 11.3 Å². The van der Waals surface area contributed by atoms with Gasteiger partial charge in [-0.25, -0.2) is 9.97 Å². The molecular weight excluding hydrogens is 348 g/mol. The zero-order chi connectivity index (χ0) is 17.9. The monoisotopic (exact) mass is 370 g/mol. The molecular formula is C18H22N6OS. The van der Waals surface area contributed by atoms with E-state index in [1.165, 1.54) is 11.3 Å². The number of hydrogen-bond acceptors (Lipinski definition) is 6. The van der Waals surface area contributed by atoms with Crippen LogP contribution in [0.1, 0.15) is 11.4 Å². The van der Waals surface area contributed by atoms with Gasteiger partial charge < -0.3 is 9.72 Å². The first-order chi connectivity index (χ1) is 12.7. The van der Waals surface area contributed by atoms with Crippen LogP contribution in [0.15, 0.2) is 36.0 Å². The predicted octanol–water partition coefficient (Wildman–Crippen LogP) is 1.86. The van der Waals surface area contributed by atoms with E-state index in [4.69, 9.17) is 0 Å². The summed E-state index contributed by atoms with van der Waals surface area (Å²) in [5, 5.41) is 5.49. The Kier molecular flexibility index (Phi) is 4.96. The van der Waals surface area contributed by atoms with Crippen LogP contribution in [0.4, 0.5) is 5.13 Å². The number of rotatable bonds is 5. The van der Waals surface area contributed by atoms with Crippen LogP contribution in [-0.4, -0.2) is 62.8 Å². The minimum atomic E-state index is 0.00755. The molecule has 0 aromatic carbocycles. The number of hydrogen-bond donors (Lipinski definition) is 1. The summed E-state index contributed by atoms with van der Waals surface area (Å²) in [6, 6.07) is 6.03. The first-order valence-corrected chi connectivity index (χ1v) is 9.63. The molecule has 4 rings (SSSR count). The summed E-state index contributed by atoms with van der Waals surface area (Å²) < 4.78 is 2.05. The van der Waals surface area contributed by atoms with Crippen molar-refractivity contribution in [3.05, 3.63) is 47.4 Å². The Hall–Kier alpha value is -2.29. The van der Waals surface area contributed by atoms with E-state index in [9.17, 15) is 4.79 Å². The van der Waals surface area contributed by atoms with Crippen molar-refractivity contribution in [1.82, 2.24) is 24.2 Å². The van der Waals surface area contributed by atoms with Crippen molar-refractivity contribution in [3.63, 3.8) is 0 Å². The number of aryl methyl sites for hydroxylation is 1. The van der Waals surface area contributed by atoms with Gasteiger partial charge >= 0.3 is 0 Å². The van der Waals surface area contributed by atoms with Gasteiger partial charge in [-0.05, 0) is 19.1 Å². The number of amides is 1. The second-order valence-electron chi connectivity index (χ2n) is 6.59. The van der Waals surface area contributed by atoms with Gasteiger partial charge in [0.15, 0.2) is 5.13 Å². The summed E-state index contributed by atoms with van der Waals surface area (Å²) in [5.41, 5.74) is 3.00. The zero-order valence-corrected chi connectivity index (χ0v) is 15.6. The number of carbonyl (C=O) groups excluding carboxylic acids is 1. The number of carbonyl (C=O) groups is 1. The topological polar surface area (TPSA) is 65.8 Å². The molecule has 0 aliphatic carbocycles. The Bertz CT molecular complexity index is 863. The average Bonchev–Trinajstić information content (AvgIpc) is 3.21. The van der Waals surface area contributed by atoms with Crippen LogP contribution in [0, 0.1) is 6.92 Å². The lowest BCUT2D eigenvalue weighted by molar-refractivity contribution is -0.117. The van der Waals surface area contributed by atoms with Gasteiger partial charge in [-0.3, -0.25) is 14.6 Å². The van der Waals surface area contributed by atoms with Crippen LogP contribution in [-0.2, 0) is 11.3 Å². The van der Waals surface area contributed by atoms with Crippen molar-refractivity contribution in [3.8, 4) is 0 Å². The van der Waals surface area contributed by atoms with E-state index in [-0.39, 0.29) is 5.91 Å². The van der Waals surface area contributed by atoms with Crippen LogP contribution in [0.3, 0.4) is 0 Å². The SMILES string of the molecule is Cc1csc(NC(=O)CN2CCN(Cc3cn4ccccc4n3)CC2)n1. The third-order valence-corrected chi connectivity index (χ3v) is 5.37. The molecule has 7 nitrogen and oxygen atoms in total. The van der Waals surface area contributed by atoms with E-state index >= 15 is 0 Å². The van der Waals surface area contributed by atoms with Gasteiger partial charge in [-0.1, -0.05) is 6.07 Å². The second-order valence-corrected chi connectivity index (χ2v) is 7.45. The van der Waals surface area contributed by atoms with Crippen molar-refractivity contribution in [2.24, 2.45) is 0 Å². The number of aromatic nitrogens is 3. The maximum absolute atomic E-state index is 12.1. The number of pyridine rings is 1. The smallest absolute Gasteiger partial charge is 0.240 e. The minimum Gasteiger partial charge on any atom is -0.307 e. The number of imidazole rings is 1. The lowest BCUT2D eigenvalue weighted by atomic mass is 10.3. The molecule has 8 heteroatoms. The molecule has 26 heavy (non-hydrogen) atoms. The number of piperazine rings is 1. The summed E-state index contributed by atoms with van der Waals surface area (Å²) in [4.78, 5) is 25.7. The molecule has 0 spiro atoms. The van der Waals surface area contributed by atoms with E-state index in [0.717, 1.165) is 49.8 Å². The molecule has 1 N–H and O–H groups in total. The summed E-state index contributed by atoms with van der Waals surface area (Å²) in [7, 11) is 0. The van der Waals surface area contributed by atoms with Crippen LogP contribution in [0.5, 0.6) is 0 Å². The molecule has 136 valence electrons. The summed E-state index contributed by atoms with van der Waals surface area (Å²) in [6.07, 6.45) is 4.11. The predicted molar refractivity (Wildman–Crippen MR) is 102 cm³/mol. The molecule has 0 radical (unpaired) electrons. The van der Waals surface area contributed by atoms with Crippen molar-refractivity contribution in [2.75, 3.05) is 38.0 Å². The van der Waals surface area contributed by atoms with Crippen LogP contribution in [0.25, 0.3) is 5.65 Å². The Morgan fingerprint density at radius 3 is 2.73 bits per heavy atom. The molecule has 1 saturated heterocycles.